The molecule has 1 aromatic carbocycles. The quantitative estimate of drug-likeness (QED) is 0.886. The van der Waals surface area contributed by atoms with Crippen molar-refractivity contribution in [1.82, 2.24) is 4.98 Å². The summed E-state index contributed by atoms with van der Waals surface area (Å²) in [7, 11) is 0. The zero-order chi connectivity index (χ0) is 15.0. The van der Waals surface area contributed by atoms with Gasteiger partial charge >= 0.3 is 0 Å². The summed E-state index contributed by atoms with van der Waals surface area (Å²) in [6.45, 7) is 1.55. The monoisotopic (exact) mass is 308 g/mol. The Morgan fingerprint density at radius 2 is 1.86 bits per heavy atom. The Kier molecular flexibility index (Phi) is 3.80. The number of halogens is 2. The van der Waals surface area contributed by atoms with Crippen molar-refractivity contribution in [3.63, 3.8) is 0 Å². The van der Waals surface area contributed by atoms with E-state index in [1.54, 1.807) is 12.3 Å². The molecule has 3 rings (SSSR count). The molecule has 0 radical (unpaired) electrons. The Morgan fingerprint density at radius 1 is 1.14 bits per heavy atom. The molecular weight excluding hydrogens is 290 g/mol. The lowest BCUT2D eigenvalue weighted by atomic mass is 9.83. The average Bonchev–Trinajstić information content (AvgIpc) is 2.94. The van der Waals surface area contributed by atoms with Gasteiger partial charge in [0.15, 0.2) is 0 Å². The Bertz CT molecular complexity index is 660. The first-order valence-electron chi connectivity index (χ1n) is 7.20. The Balaban J connectivity index is 1.97. The molecule has 0 aliphatic heterocycles. The van der Waals surface area contributed by atoms with Crippen LogP contribution in [0.25, 0.3) is 11.3 Å². The van der Waals surface area contributed by atoms with Gasteiger partial charge in [-0.05, 0) is 37.5 Å². The number of thiazole rings is 1. The minimum Gasteiger partial charge on any atom is -0.319 e. The Morgan fingerprint density at radius 3 is 2.57 bits per heavy atom. The average molecular weight is 308 g/mol. The fourth-order valence-electron chi connectivity index (χ4n) is 2.87. The predicted octanol–water partition coefficient (Wildman–Crippen LogP) is 4.51. The van der Waals surface area contributed by atoms with Crippen molar-refractivity contribution < 1.29 is 8.78 Å². The maximum atomic E-state index is 14.0. The first kappa shape index (κ1) is 14.6. The van der Waals surface area contributed by atoms with Gasteiger partial charge in [0.25, 0.3) is 0 Å². The van der Waals surface area contributed by atoms with Crippen LogP contribution in [0.15, 0.2) is 17.5 Å². The molecule has 0 unspecified atom stereocenters. The van der Waals surface area contributed by atoms with Crippen molar-refractivity contribution >= 4 is 11.3 Å². The van der Waals surface area contributed by atoms with Gasteiger partial charge in [0.1, 0.15) is 16.6 Å². The van der Waals surface area contributed by atoms with E-state index in [1.165, 1.54) is 29.9 Å². The third kappa shape index (κ3) is 2.72. The van der Waals surface area contributed by atoms with Crippen LogP contribution in [0.3, 0.4) is 0 Å². The lowest BCUT2D eigenvalue weighted by Gasteiger charge is -2.31. The molecule has 1 heterocycles. The molecule has 1 aromatic heterocycles. The van der Waals surface area contributed by atoms with Gasteiger partial charge in [-0.15, -0.1) is 11.3 Å². The van der Waals surface area contributed by atoms with Crippen molar-refractivity contribution in [2.24, 2.45) is 5.73 Å². The van der Waals surface area contributed by atoms with Crippen LogP contribution in [0.5, 0.6) is 0 Å². The van der Waals surface area contributed by atoms with Gasteiger partial charge in [-0.1, -0.05) is 19.3 Å². The van der Waals surface area contributed by atoms with E-state index in [9.17, 15) is 8.78 Å². The fourth-order valence-corrected chi connectivity index (χ4v) is 3.86. The van der Waals surface area contributed by atoms with E-state index in [-0.39, 0.29) is 5.56 Å². The van der Waals surface area contributed by atoms with Gasteiger partial charge in [-0.3, -0.25) is 0 Å². The van der Waals surface area contributed by atoms with E-state index < -0.39 is 17.2 Å². The zero-order valence-corrected chi connectivity index (χ0v) is 12.8. The standard InChI is InChI=1S/C16H18F2N2S/c1-10-7-13(18)11(8-12(10)17)14-9-21-15(20-14)16(19)5-3-2-4-6-16/h7-9H,2-6,19H2,1H3. The smallest absolute Gasteiger partial charge is 0.133 e. The minimum absolute atomic E-state index is 0.208. The number of nitrogens with zero attached hydrogens (tertiary/aromatic N) is 1. The maximum absolute atomic E-state index is 14.0. The molecule has 1 aliphatic rings. The molecular formula is C16H18F2N2S. The number of nitrogens with two attached hydrogens (primary N) is 1. The molecule has 2 nitrogen and oxygen atoms in total. The van der Waals surface area contributed by atoms with Crippen LogP contribution in [-0.4, -0.2) is 4.98 Å². The molecule has 2 aromatic rings. The summed E-state index contributed by atoms with van der Waals surface area (Å²) in [5.74, 6) is -0.860. The third-order valence-electron chi connectivity index (χ3n) is 4.20. The van der Waals surface area contributed by atoms with Crippen LogP contribution in [0.1, 0.15) is 42.7 Å². The molecule has 21 heavy (non-hydrogen) atoms. The molecule has 5 heteroatoms. The Hall–Kier alpha value is -1.33. The van der Waals surface area contributed by atoms with E-state index in [0.717, 1.165) is 30.7 Å². The lowest BCUT2D eigenvalue weighted by molar-refractivity contribution is 0.301. The first-order valence-corrected chi connectivity index (χ1v) is 8.08. The SMILES string of the molecule is Cc1cc(F)c(-c2csc(C3(N)CCCCC3)n2)cc1F. The van der Waals surface area contributed by atoms with Crippen molar-refractivity contribution in [1.29, 1.82) is 0 Å². The lowest BCUT2D eigenvalue weighted by Crippen LogP contribution is -2.38. The first-order chi connectivity index (χ1) is 9.99. The number of aromatic nitrogens is 1. The molecule has 0 spiro atoms. The summed E-state index contributed by atoms with van der Waals surface area (Å²) in [6, 6.07) is 2.43. The predicted molar refractivity (Wildman–Crippen MR) is 81.2 cm³/mol. The van der Waals surface area contributed by atoms with Crippen LogP contribution >= 0.6 is 11.3 Å². The summed E-state index contributed by atoms with van der Waals surface area (Å²) >= 11 is 1.44. The van der Waals surface area contributed by atoms with Crippen LogP contribution in [0, 0.1) is 18.6 Å². The molecule has 0 amide bonds. The van der Waals surface area contributed by atoms with Crippen LogP contribution in [0.4, 0.5) is 8.78 Å². The normalized spacial score (nSPS) is 17.9. The van der Waals surface area contributed by atoms with Crippen LogP contribution in [0.2, 0.25) is 0 Å². The number of rotatable bonds is 2. The highest BCUT2D eigenvalue weighted by atomic mass is 32.1. The van der Waals surface area contributed by atoms with E-state index in [0.29, 0.717) is 11.3 Å². The fraction of sp³-hybridized carbons (Fsp3) is 0.438. The number of aryl methyl sites for hydroxylation is 1. The molecule has 1 aliphatic carbocycles. The summed E-state index contributed by atoms with van der Waals surface area (Å²) in [4.78, 5) is 4.49. The maximum Gasteiger partial charge on any atom is 0.133 e. The molecule has 0 atom stereocenters. The number of hydrogen-bond donors (Lipinski definition) is 1. The second-order valence-electron chi connectivity index (χ2n) is 5.84. The summed E-state index contributed by atoms with van der Waals surface area (Å²) in [5.41, 5.74) is 7.02. The van der Waals surface area contributed by atoms with E-state index >= 15 is 0 Å². The van der Waals surface area contributed by atoms with E-state index in [1.807, 2.05) is 0 Å². The molecule has 0 bridgehead atoms. The van der Waals surface area contributed by atoms with Gasteiger partial charge in [0.2, 0.25) is 0 Å². The number of benzene rings is 1. The zero-order valence-electron chi connectivity index (χ0n) is 12.0. The second kappa shape index (κ2) is 5.46. The van der Waals surface area contributed by atoms with E-state index in [2.05, 4.69) is 4.98 Å². The second-order valence-corrected chi connectivity index (χ2v) is 6.69. The highest BCUT2D eigenvalue weighted by molar-refractivity contribution is 7.10. The molecule has 1 saturated carbocycles. The molecule has 112 valence electrons. The highest BCUT2D eigenvalue weighted by Gasteiger charge is 2.32. The summed E-state index contributed by atoms with van der Waals surface area (Å²) < 4.78 is 27.7. The summed E-state index contributed by atoms with van der Waals surface area (Å²) in [5, 5.41) is 2.60. The largest absolute Gasteiger partial charge is 0.319 e. The van der Waals surface area contributed by atoms with Crippen molar-refractivity contribution in [3.05, 3.63) is 39.7 Å². The highest BCUT2D eigenvalue weighted by Crippen LogP contribution is 2.38. The molecule has 0 saturated heterocycles. The van der Waals surface area contributed by atoms with Gasteiger partial charge in [-0.25, -0.2) is 13.8 Å². The van der Waals surface area contributed by atoms with Gasteiger partial charge < -0.3 is 5.73 Å². The minimum atomic E-state index is -0.444. The van der Waals surface area contributed by atoms with Gasteiger partial charge in [0, 0.05) is 10.9 Å². The van der Waals surface area contributed by atoms with Crippen LogP contribution in [-0.2, 0) is 5.54 Å². The molecule has 2 N–H and O–H groups in total. The topological polar surface area (TPSA) is 38.9 Å². The summed E-state index contributed by atoms with van der Waals surface area (Å²) in [6.07, 6.45) is 5.21. The van der Waals surface area contributed by atoms with Crippen molar-refractivity contribution in [2.75, 3.05) is 0 Å². The third-order valence-corrected chi connectivity index (χ3v) is 5.26. The van der Waals surface area contributed by atoms with E-state index in [4.69, 9.17) is 5.73 Å². The van der Waals surface area contributed by atoms with Crippen LogP contribution < -0.4 is 5.73 Å². The molecule has 1 fully saturated rings. The van der Waals surface area contributed by atoms with Crippen molar-refractivity contribution in [2.45, 2.75) is 44.6 Å². The van der Waals surface area contributed by atoms with Crippen molar-refractivity contribution in [3.8, 4) is 11.3 Å². The van der Waals surface area contributed by atoms with Gasteiger partial charge in [0.05, 0.1) is 11.2 Å². The number of hydrogen-bond acceptors (Lipinski definition) is 3. The Labute approximate surface area is 127 Å². The van der Waals surface area contributed by atoms with Gasteiger partial charge in [-0.2, -0.15) is 0 Å².